The van der Waals surface area contributed by atoms with Gasteiger partial charge in [-0.05, 0) is 25.8 Å². The van der Waals surface area contributed by atoms with Crippen molar-refractivity contribution in [2.45, 2.75) is 44.7 Å². The van der Waals surface area contributed by atoms with Crippen LogP contribution in [0.2, 0.25) is 0 Å². The number of carbonyl (C=O) groups excluding carboxylic acids is 1. The van der Waals surface area contributed by atoms with Crippen LogP contribution in [0.3, 0.4) is 0 Å². The molecule has 0 aromatic carbocycles. The molecule has 1 aromatic rings. The number of carbonyl (C=O) groups is 1. The second-order valence-corrected chi connectivity index (χ2v) is 4.88. The summed E-state index contributed by atoms with van der Waals surface area (Å²) in [6.45, 7) is 2.65. The number of likely N-dealkylation sites (tertiary alicyclic amines) is 1. The van der Waals surface area contributed by atoms with E-state index in [4.69, 9.17) is 0 Å². The lowest BCUT2D eigenvalue weighted by molar-refractivity contribution is -0.137. The molecule has 1 fully saturated rings. The van der Waals surface area contributed by atoms with Crippen LogP contribution in [-0.4, -0.2) is 44.9 Å². The summed E-state index contributed by atoms with van der Waals surface area (Å²) in [5, 5.41) is 13.5. The molecule has 1 amide bonds. The highest BCUT2D eigenvalue weighted by Crippen LogP contribution is 2.20. The molecule has 18 heavy (non-hydrogen) atoms. The molecule has 1 saturated heterocycles. The molecule has 1 aliphatic heterocycles. The molecular weight excluding hydrogens is 230 g/mol. The summed E-state index contributed by atoms with van der Waals surface area (Å²) < 4.78 is 1.67. The molecule has 5 nitrogen and oxygen atoms in total. The first kappa shape index (κ1) is 13.1. The van der Waals surface area contributed by atoms with Gasteiger partial charge in [0.25, 0.3) is 0 Å². The number of aliphatic hydroxyl groups is 1. The first-order valence-corrected chi connectivity index (χ1v) is 6.64. The third-order valence-electron chi connectivity index (χ3n) is 3.65. The van der Waals surface area contributed by atoms with Gasteiger partial charge in [-0.2, -0.15) is 5.10 Å². The van der Waals surface area contributed by atoms with E-state index in [1.54, 1.807) is 17.1 Å². The molecule has 0 bridgehead atoms. The van der Waals surface area contributed by atoms with E-state index in [1.807, 2.05) is 17.9 Å². The fourth-order valence-corrected chi connectivity index (χ4v) is 2.52. The van der Waals surface area contributed by atoms with Gasteiger partial charge in [-0.1, -0.05) is 12.8 Å². The predicted octanol–water partition coefficient (Wildman–Crippen LogP) is 1.21. The van der Waals surface area contributed by atoms with Crippen LogP contribution < -0.4 is 0 Å². The van der Waals surface area contributed by atoms with E-state index < -0.39 is 0 Å². The maximum Gasteiger partial charge on any atom is 0.247 e. The number of aromatic nitrogens is 2. The lowest BCUT2D eigenvalue weighted by Gasteiger charge is -2.31. The molecular formula is C13H21N3O2. The molecule has 2 unspecified atom stereocenters. The molecule has 2 rings (SSSR count). The zero-order valence-corrected chi connectivity index (χ0v) is 10.8. The predicted molar refractivity (Wildman–Crippen MR) is 68.0 cm³/mol. The second kappa shape index (κ2) is 6.00. The average molecular weight is 251 g/mol. The van der Waals surface area contributed by atoms with E-state index in [2.05, 4.69) is 5.10 Å². The summed E-state index contributed by atoms with van der Waals surface area (Å²) in [5.41, 5.74) is 0. The molecule has 2 heterocycles. The van der Waals surface area contributed by atoms with E-state index in [0.717, 1.165) is 32.2 Å². The maximum absolute atomic E-state index is 12.5. The van der Waals surface area contributed by atoms with Crippen LogP contribution in [-0.2, 0) is 4.79 Å². The minimum atomic E-state index is -0.299. The molecule has 100 valence electrons. The molecule has 0 spiro atoms. The standard InChI is InChI=1S/C13H21N3O2/c1-11(16-9-5-7-14-16)13(18)15-8-4-2-3-6-12(15)10-17/h5,7,9,11-12,17H,2-4,6,8,10H2,1H3. The van der Waals surface area contributed by atoms with Gasteiger partial charge in [0.05, 0.1) is 12.6 Å². The van der Waals surface area contributed by atoms with Gasteiger partial charge < -0.3 is 10.0 Å². The Morgan fingerprint density at radius 2 is 2.33 bits per heavy atom. The van der Waals surface area contributed by atoms with Crippen molar-refractivity contribution in [1.29, 1.82) is 0 Å². The second-order valence-electron chi connectivity index (χ2n) is 4.88. The van der Waals surface area contributed by atoms with Crippen molar-refractivity contribution in [3.05, 3.63) is 18.5 Å². The zero-order chi connectivity index (χ0) is 13.0. The highest BCUT2D eigenvalue weighted by atomic mass is 16.3. The molecule has 0 radical (unpaired) electrons. The van der Waals surface area contributed by atoms with Gasteiger partial charge in [0.1, 0.15) is 6.04 Å². The van der Waals surface area contributed by atoms with E-state index in [-0.39, 0.29) is 24.6 Å². The SMILES string of the molecule is CC(C(=O)N1CCCCCC1CO)n1cccn1. The summed E-state index contributed by atoms with van der Waals surface area (Å²) in [6, 6.07) is 1.49. The minimum Gasteiger partial charge on any atom is -0.394 e. The van der Waals surface area contributed by atoms with Crippen LogP contribution in [0.4, 0.5) is 0 Å². The Kier molecular flexibility index (Phi) is 4.36. The first-order valence-electron chi connectivity index (χ1n) is 6.64. The van der Waals surface area contributed by atoms with Crippen LogP contribution in [0.15, 0.2) is 18.5 Å². The molecule has 1 aromatic heterocycles. The zero-order valence-electron chi connectivity index (χ0n) is 10.8. The van der Waals surface area contributed by atoms with Crippen LogP contribution in [0, 0.1) is 0 Å². The van der Waals surface area contributed by atoms with Crippen LogP contribution >= 0.6 is 0 Å². The highest BCUT2D eigenvalue weighted by molar-refractivity contribution is 5.80. The van der Waals surface area contributed by atoms with Gasteiger partial charge in [-0.15, -0.1) is 0 Å². The number of rotatable bonds is 3. The maximum atomic E-state index is 12.5. The van der Waals surface area contributed by atoms with Gasteiger partial charge in [0.15, 0.2) is 0 Å². The molecule has 2 atom stereocenters. The Morgan fingerprint density at radius 1 is 1.50 bits per heavy atom. The van der Waals surface area contributed by atoms with Crippen molar-refractivity contribution in [2.24, 2.45) is 0 Å². The van der Waals surface area contributed by atoms with Crippen molar-refractivity contribution in [2.75, 3.05) is 13.2 Å². The summed E-state index contributed by atoms with van der Waals surface area (Å²) in [4.78, 5) is 14.3. The fourth-order valence-electron chi connectivity index (χ4n) is 2.52. The van der Waals surface area contributed by atoms with Gasteiger partial charge in [-0.25, -0.2) is 0 Å². The van der Waals surface area contributed by atoms with Crippen molar-refractivity contribution >= 4 is 5.91 Å². The summed E-state index contributed by atoms with van der Waals surface area (Å²) in [5.74, 6) is 0.0552. The highest BCUT2D eigenvalue weighted by Gasteiger charge is 2.28. The number of amides is 1. The molecule has 5 heteroatoms. The number of aliphatic hydroxyl groups excluding tert-OH is 1. The van der Waals surface area contributed by atoms with Crippen molar-refractivity contribution in [3.63, 3.8) is 0 Å². The normalized spacial score (nSPS) is 22.6. The average Bonchev–Trinajstić information content (AvgIpc) is 2.82. The summed E-state index contributed by atoms with van der Waals surface area (Å²) in [6.07, 6.45) is 7.62. The van der Waals surface area contributed by atoms with Gasteiger partial charge in [0, 0.05) is 18.9 Å². The minimum absolute atomic E-state index is 0.0296. The molecule has 1 N–H and O–H groups in total. The van der Waals surface area contributed by atoms with Crippen molar-refractivity contribution in [1.82, 2.24) is 14.7 Å². The van der Waals surface area contributed by atoms with Gasteiger partial charge in [0.2, 0.25) is 5.91 Å². The van der Waals surface area contributed by atoms with Crippen molar-refractivity contribution in [3.8, 4) is 0 Å². The third-order valence-corrected chi connectivity index (χ3v) is 3.65. The molecule has 1 aliphatic rings. The largest absolute Gasteiger partial charge is 0.394 e. The first-order chi connectivity index (χ1) is 8.74. The molecule has 0 aliphatic carbocycles. The Balaban J connectivity index is 2.10. The molecule has 0 saturated carbocycles. The van der Waals surface area contributed by atoms with Crippen LogP contribution in [0.1, 0.15) is 38.6 Å². The summed E-state index contributed by atoms with van der Waals surface area (Å²) in [7, 11) is 0. The van der Waals surface area contributed by atoms with Gasteiger partial charge >= 0.3 is 0 Å². The van der Waals surface area contributed by atoms with E-state index in [1.165, 1.54) is 0 Å². The van der Waals surface area contributed by atoms with Crippen molar-refractivity contribution < 1.29 is 9.90 Å². The lowest BCUT2D eigenvalue weighted by Crippen LogP contribution is -2.45. The number of hydrogen-bond acceptors (Lipinski definition) is 3. The Morgan fingerprint density at radius 3 is 3.00 bits per heavy atom. The van der Waals surface area contributed by atoms with E-state index in [9.17, 15) is 9.90 Å². The quantitative estimate of drug-likeness (QED) is 0.878. The third kappa shape index (κ3) is 2.72. The van der Waals surface area contributed by atoms with E-state index in [0.29, 0.717) is 0 Å². The lowest BCUT2D eigenvalue weighted by atomic mass is 10.1. The Hall–Kier alpha value is -1.36. The van der Waals surface area contributed by atoms with Gasteiger partial charge in [-0.3, -0.25) is 9.48 Å². The van der Waals surface area contributed by atoms with E-state index >= 15 is 0 Å². The monoisotopic (exact) mass is 251 g/mol. The fraction of sp³-hybridized carbons (Fsp3) is 0.692. The van der Waals surface area contributed by atoms with Crippen LogP contribution in [0.25, 0.3) is 0 Å². The number of hydrogen-bond donors (Lipinski definition) is 1. The Bertz CT molecular complexity index is 378. The van der Waals surface area contributed by atoms with Crippen LogP contribution in [0.5, 0.6) is 0 Å². The summed E-state index contributed by atoms with van der Waals surface area (Å²) >= 11 is 0. The topological polar surface area (TPSA) is 58.4 Å². The Labute approximate surface area is 107 Å². The number of nitrogens with zero attached hydrogens (tertiary/aromatic N) is 3. The smallest absolute Gasteiger partial charge is 0.247 e.